The minimum atomic E-state index is -0.979. The summed E-state index contributed by atoms with van der Waals surface area (Å²) in [5.74, 6) is -0.796. The number of carbonyl (C=O) groups excluding carboxylic acids is 1. The Kier molecular flexibility index (Phi) is 3.91. The monoisotopic (exact) mass is 228 g/mol. The van der Waals surface area contributed by atoms with E-state index in [9.17, 15) is 9.59 Å². The number of rotatable bonds is 4. The fraction of sp³-hybridized carbons (Fsp3) is 0.818. The van der Waals surface area contributed by atoms with E-state index in [1.165, 1.54) is 0 Å². The minimum absolute atomic E-state index is 0.172. The molecule has 5 nitrogen and oxygen atoms in total. The van der Waals surface area contributed by atoms with Crippen LogP contribution in [0, 0.1) is 11.3 Å². The van der Waals surface area contributed by atoms with Crippen LogP contribution >= 0.6 is 0 Å². The minimum Gasteiger partial charge on any atom is -0.480 e. The van der Waals surface area contributed by atoms with E-state index in [1.807, 2.05) is 0 Å². The Morgan fingerprint density at radius 1 is 1.44 bits per heavy atom. The summed E-state index contributed by atoms with van der Waals surface area (Å²) in [5, 5.41) is 14.7. The van der Waals surface area contributed by atoms with Crippen molar-refractivity contribution in [2.45, 2.75) is 33.2 Å². The van der Waals surface area contributed by atoms with Crippen LogP contribution in [0.3, 0.4) is 0 Å². The summed E-state index contributed by atoms with van der Waals surface area (Å²) in [6.45, 7) is 7.10. The van der Waals surface area contributed by atoms with Gasteiger partial charge in [0, 0.05) is 6.42 Å². The zero-order valence-corrected chi connectivity index (χ0v) is 10.0. The van der Waals surface area contributed by atoms with Crippen molar-refractivity contribution < 1.29 is 14.7 Å². The number of carboxylic acids is 1. The summed E-state index contributed by atoms with van der Waals surface area (Å²) in [7, 11) is 0. The van der Waals surface area contributed by atoms with E-state index in [1.54, 1.807) is 20.8 Å². The molecule has 3 N–H and O–H groups in total. The van der Waals surface area contributed by atoms with Crippen molar-refractivity contribution in [3.8, 4) is 0 Å². The molecule has 0 aliphatic carbocycles. The van der Waals surface area contributed by atoms with Crippen LogP contribution in [0.25, 0.3) is 0 Å². The highest BCUT2D eigenvalue weighted by Crippen LogP contribution is 2.20. The van der Waals surface area contributed by atoms with Gasteiger partial charge in [-0.25, -0.2) is 4.79 Å². The molecule has 1 rings (SSSR count). The second kappa shape index (κ2) is 4.82. The Bertz CT molecular complexity index is 279. The molecule has 1 aliphatic heterocycles. The molecule has 0 bridgehead atoms. The number of aliphatic carboxylic acids is 1. The molecule has 1 heterocycles. The number of hydrogen-bond donors (Lipinski definition) is 3. The summed E-state index contributed by atoms with van der Waals surface area (Å²) in [6, 6.07) is -0.826. The van der Waals surface area contributed by atoms with E-state index >= 15 is 0 Å². The van der Waals surface area contributed by atoms with Crippen molar-refractivity contribution in [2.24, 2.45) is 11.3 Å². The molecule has 0 unspecified atom stereocenters. The lowest BCUT2D eigenvalue weighted by Gasteiger charge is -2.30. The van der Waals surface area contributed by atoms with Gasteiger partial charge in [0.15, 0.2) is 0 Å². The third kappa shape index (κ3) is 3.48. The highest BCUT2D eigenvalue weighted by Gasteiger charge is 2.33. The molecule has 0 aromatic carbocycles. The fourth-order valence-electron chi connectivity index (χ4n) is 1.62. The molecular formula is C11H20N2O3. The maximum absolute atomic E-state index is 11.6. The Balaban J connectivity index is 2.47. The van der Waals surface area contributed by atoms with Crippen LogP contribution in [0.1, 0.15) is 27.2 Å². The van der Waals surface area contributed by atoms with Gasteiger partial charge in [0.25, 0.3) is 0 Å². The van der Waals surface area contributed by atoms with Crippen LogP contribution in [-0.2, 0) is 9.59 Å². The highest BCUT2D eigenvalue weighted by atomic mass is 16.4. The van der Waals surface area contributed by atoms with E-state index < -0.39 is 17.4 Å². The van der Waals surface area contributed by atoms with Crippen molar-refractivity contribution in [3.05, 3.63) is 0 Å². The van der Waals surface area contributed by atoms with Crippen LogP contribution in [0.15, 0.2) is 0 Å². The Labute approximate surface area is 95.6 Å². The van der Waals surface area contributed by atoms with Gasteiger partial charge < -0.3 is 15.7 Å². The molecule has 92 valence electrons. The lowest BCUT2D eigenvalue weighted by Crippen LogP contribution is -2.51. The van der Waals surface area contributed by atoms with Gasteiger partial charge in [0.1, 0.15) is 6.04 Å². The first-order chi connectivity index (χ1) is 7.30. The number of carboxylic acid groups (broad SMARTS) is 1. The van der Waals surface area contributed by atoms with Crippen LogP contribution < -0.4 is 10.6 Å². The summed E-state index contributed by atoms with van der Waals surface area (Å²) in [5.41, 5.74) is -0.473. The highest BCUT2D eigenvalue weighted by molar-refractivity contribution is 5.84. The molecule has 5 heteroatoms. The molecule has 1 fully saturated rings. The van der Waals surface area contributed by atoms with Gasteiger partial charge in [-0.05, 0) is 24.4 Å². The first-order valence-electron chi connectivity index (χ1n) is 5.53. The topological polar surface area (TPSA) is 78.4 Å². The first kappa shape index (κ1) is 13.0. The fourth-order valence-corrected chi connectivity index (χ4v) is 1.62. The molecule has 1 aliphatic rings. The van der Waals surface area contributed by atoms with Crippen LogP contribution in [0.2, 0.25) is 0 Å². The summed E-state index contributed by atoms with van der Waals surface area (Å²) < 4.78 is 0. The van der Waals surface area contributed by atoms with Crippen LogP contribution in [-0.4, -0.2) is 36.1 Å². The maximum Gasteiger partial charge on any atom is 0.326 e. The first-order valence-corrected chi connectivity index (χ1v) is 5.53. The molecule has 1 saturated heterocycles. The molecular weight excluding hydrogens is 208 g/mol. The van der Waals surface area contributed by atoms with Gasteiger partial charge in [0.2, 0.25) is 5.91 Å². The summed E-state index contributed by atoms with van der Waals surface area (Å²) >= 11 is 0. The third-order valence-electron chi connectivity index (χ3n) is 2.76. The number of nitrogens with one attached hydrogen (secondary N) is 2. The molecule has 0 saturated carbocycles. The van der Waals surface area contributed by atoms with Crippen molar-refractivity contribution in [1.82, 2.24) is 10.6 Å². The molecule has 1 atom stereocenters. The zero-order chi connectivity index (χ0) is 12.3. The zero-order valence-electron chi connectivity index (χ0n) is 10.0. The van der Waals surface area contributed by atoms with Gasteiger partial charge in [-0.3, -0.25) is 4.79 Å². The standard InChI is InChI=1S/C11H20N2O3/c1-11(2,3)9(10(15)16)13-8(14)4-7-5-12-6-7/h7,9,12H,4-6H2,1-3H3,(H,13,14)(H,15,16)/t9-/m0/s1. The van der Waals surface area contributed by atoms with E-state index in [2.05, 4.69) is 10.6 Å². The van der Waals surface area contributed by atoms with E-state index in [0.29, 0.717) is 12.3 Å². The van der Waals surface area contributed by atoms with Crippen molar-refractivity contribution in [1.29, 1.82) is 0 Å². The predicted octanol–water partition coefficient (Wildman–Crippen LogP) is 0.211. The SMILES string of the molecule is CC(C)(C)[C@@H](NC(=O)CC1CNC1)C(=O)O. The predicted molar refractivity (Wildman–Crippen MR) is 60.0 cm³/mol. The maximum atomic E-state index is 11.6. The lowest BCUT2D eigenvalue weighted by molar-refractivity contribution is -0.145. The smallest absolute Gasteiger partial charge is 0.326 e. The number of hydrogen-bond acceptors (Lipinski definition) is 3. The van der Waals surface area contributed by atoms with Gasteiger partial charge in [-0.2, -0.15) is 0 Å². The van der Waals surface area contributed by atoms with E-state index in [-0.39, 0.29) is 5.91 Å². The quantitative estimate of drug-likeness (QED) is 0.643. The molecule has 0 aromatic heterocycles. The summed E-state index contributed by atoms with van der Waals surface area (Å²) in [6.07, 6.45) is 0.410. The van der Waals surface area contributed by atoms with E-state index in [4.69, 9.17) is 5.11 Å². The number of carbonyl (C=O) groups is 2. The van der Waals surface area contributed by atoms with Gasteiger partial charge in [0.05, 0.1) is 0 Å². The van der Waals surface area contributed by atoms with E-state index in [0.717, 1.165) is 13.1 Å². The molecule has 16 heavy (non-hydrogen) atoms. The lowest BCUT2D eigenvalue weighted by atomic mass is 9.86. The Hall–Kier alpha value is -1.10. The van der Waals surface area contributed by atoms with Crippen LogP contribution in [0.4, 0.5) is 0 Å². The Morgan fingerprint density at radius 3 is 2.31 bits per heavy atom. The average molecular weight is 228 g/mol. The largest absolute Gasteiger partial charge is 0.480 e. The molecule has 0 aromatic rings. The van der Waals surface area contributed by atoms with Gasteiger partial charge in [-0.1, -0.05) is 20.8 Å². The molecule has 0 radical (unpaired) electrons. The third-order valence-corrected chi connectivity index (χ3v) is 2.76. The molecule has 0 spiro atoms. The van der Waals surface area contributed by atoms with Crippen molar-refractivity contribution in [2.75, 3.05) is 13.1 Å². The summed E-state index contributed by atoms with van der Waals surface area (Å²) in [4.78, 5) is 22.6. The normalized spacial score (nSPS) is 18.7. The van der Waals surface area contributed by atoms with Gasteiger partial charge >= 0.3 is 5.97 Å². The second-order valence-electron chi connectivity index (χ2n) is 5.43. The molecule has 1 amide bonds. The van der Waals surface area contributed by atoms with Gasteiger partial charge in [-0.15, -0.1) is 0 Å². The van der Waals surface area contributed by atoms with Crippen LogP contribution in [0.5, 0.6) is 0 Å². The van der Waals surface area contributed by atoms with Crippen molar-refractivity contribution in [3.63, 3.8) is 0 Å². The average Bonchev–Trinajstić information content (AvgIpc) is 2.05. The van der Waals surface area contributed by atoms with Crippen molar-refractivity contribution >= 4 is 11.9 Å². The number of amides is 1. The Morgan fingerprint density at radius 2 is 2.00 bits per heavy atom. The second-order valence-corrected chi connectivity index (χ2v) is 5.43.